The van der Waals surface area contributed by atoms with Crippen LogP contribution in [0.15, 0.2) is 27.8 Å². The van der Waals surface area contributed by atoms with Gasteiger partial charge >= 0.3 is 5.97 Å². The molecule has 0 heterocycles. The number of hydrogen-bond donors (Lipinski definition) is 1. The van der Waals surface area contributed by atoms with Crippen LogP contribution >= 0.6 is 27.5 Å². The van der Waals surface area contributed by atoms with Crippen molar-refractivity contribution in [2.75, 3.05) is 20.2 Å². The molecule has 0 spiro atoms. The maximum absolute atomic E-state index is 11.8. The van der Waals surface area contributed by atoms with Gasteiger partial charge in [0.2, 0.25) is 0 Å². The highest BCUT2D eigenvalue weighted by Crippen LogP contribution is 2.27. The maximum atomic E-state index is 11.8. The third-order valence-electron chi connectivity index (χ3n) is 2.56. The standard InChI is InChI=1S/C12H14BrClN4O2/c1-20-12(19)11(16-5-2-6-17-18-15)9-4-3-8(14)7-10(9)13/h3-4,7,11,16H,2,5-6H2,1H3. The number of benzene rings is 1. The molecule has 1 N–H and O–H groups in total. The van der Waals surface area contributed by atoms with E-state index in [1.807, 2.05) is 0 Å². The summed E-state index contributed by atoms with van der Waals surface area (Å²) in [7, 11) is 1.33. The van der Waals surface area contributed by atoms with Gasteiger partial charge in [0.1, 0.15) is 6.04 Å². The van der Waals surface area contributed by atoms with Crippen LogP contribution in [0, 0.1) is 0 Å². The Morgan fingerprint density at radius 1 is 1.65 bits per heavy atom. The summed E-state index contributed by atoms with van der Waals surface area (Å²) < 4.78 is 5.52. The van der Waals surface area contributed by atoms with Crippen LogP contribution in [0.25, 0.3) is 10.4 Å². The van der Waals surface area contributed by atoms with Crippen molar-refractivity contribution < 1.29 is 9.53 Å². The maximum Gasteiger partial charge on any atom is 0.327 e. The minimum Gasteiger partial charge on any atom is -0.468 e. The molecule has 0 amide bonds. The number of ether oxygens (including phenoxy) is 1. The van der Waals surface area contributed by atoms with E-state index in [0.29, 0.717) is 24.5 Å². The van der Waals surface area contributed by atoms with Crippen LogP contribution in [0.3, 0.4) is 0 Å². The van der Waals surface area contributed by atoms with Gasteiger partial charge in [-0.15, -0.1) is 0 Å². The Kier molecular flexibility index (Phi) is 7.40. The Labute approximate surface area is 130 Å². The Bertz CT molecular complexity index is 520. The van der Waals surface area contributed by atoms with Crippen LogP contribution in [-0.2, 0) is 9.53 Å². The van der Waals surface area contributed by atoms with E-state index in [2.05, 4.69) is 31.3 Å². The fourth-order valence-electron chi connectivity index (χ4n) is 1.61. The molecule has 20 heavy (non-hydrogen) atoms. The normalized spacial score (nSPS) is 11.6. The molecule has 6 nitrogen and oxygen atoms in total. The van der Waals surface area contributed by atoms with Crippen LogP contribution in [0.1, 0.15) is 18.0 Å². The zero-order valence-corrected chi connectivity index (χ0v) is 13.2. The number of halogens is 2. The van der Waals surface area contributed by atoms with Crippen molar-refractivity contribution in [2.24, 2.45) is 5.11 Å². The number of esters is 1. The third-order valence-corrected chi connectivity index (χ3v) is 3.48. The molecule has 0 aliphatic heterocycles. The van der Waals surface area contributed by atoms with E-state index in [-0.39, 0.29) is 0 Å². The Hall–Kier alpha value is -1.27. The summed E-state index contributed by atoms with van der Waals surface area (Å²) in [4.78, 5) is 14.5. The molecule has 0 saturated heterocycles. The second-order valence-electron chi connectivity index (χ2n) is 3.88. The summed E-state index contributed by atoms with van der Waals surface area (Å²) in [6, 6.07) is 4.58. The predicted octanol–water partition coefficient (Wildman–Crippen LogP) is 3.61. The van der Waals surface area contributed by atoms with Crippen molar-refractivity contribution in [3.8, 4) is 0 Å². The van der Waals surface area contributed by atoms with Crippen molar-refractivity contribution >= 4 is 33.5 Å². The Morgan fingerprint density at radius 3 is 3.00 bits per heavy atom. The first-order valence-electron chi connectivity index (χ1n) is 5.87. The van der Waals surface area contributed by atoms with Crippen molar-refractivity contribution in [1.82, 2.24) is 5.32 Å². The summed E-state index contributed by atoms with van der Waals surface area (Å²) in [6.45, 7) is 0.896. The van der Waals surface area contributed by atoms with Crippen LogP contribution < -0.4 is 5.32 Å². The van der Waals surface area contributed by atoms with Gasteiger partial charge in [-0.05, 0) is 36.2 Å². The van der Waals surface area contributed by atoms with E-state index >= 15 is 0 Å². The lowest BCUT2D eigenvalue weighted by Crippen LogP contribution is -2.31. The van der Waals surface area contributed by atoms with E-state index < -0.39 is 12.0 Å². The predicted molar refractivity (Wildman–Crippen MR) is 80.5 cm³/mol. The lowest BCUT2D eigenvalue weighted by Gasteiger charge is -2.18. The molecule has 0 aromatic heterocycles. The summed E-state index contributed by atoms with van der Waals surface area (Å²) >= 11 is 9.26. The monoisotopic (exact) mass is 360 g/mol. The SMILES string of the molecule is COC(=O)C(NCCCN=[N+]=[N-])c1ccc(Cl)cc1Br. The zero-order chi connectivity index (χ0) is 15.0. The second-order valence-corrected chi connectivity index (χ2v) is 5.17. The second kappa shape index (κ2) is 8.81. The van der Waals surface area contributed by atoms with E-state index in [1.165, 1.54) is 7.11 Å². The van der Waals surface area contributed by atoms with Gasteiger partial charge in [0.25, 0.3) is 0 Å². The number of nitrogens with one attached hydrogen (secondary N) is 1. The van der Waals surface area contributed by atoms with Crippen molar-refractivity contribution in [2.45, 2.75) is 12.5 Å². The minimum atomic E-state index is -0.599. The van der Waals surface area contributed by atoms with Gasteiger partial charge in [-0.25, -0.2) is 4.79 Å². The smallest absolute Gasteiger partial charge is 0.327 e. The number of rotatable bonds is 7. The number of hydrogen-bond acceptors (Lipinski definition) is 4. The van der Waals surface area contributed by atoms with Crippen molar-refractivity contribution in [3.05, 3.63) is 43.7 Å². The molecular formula is C12H14BrClN4O2. The third kappa shape index (κ3) is 5.02. The topological polar surface area (TPSA) is 87.1 Å². The number of nitrogens with zero attached hydrogens (tertiary/aromatic N) is 3. The lowest BCUT2D eigenvalue weighted by molar-refractivity contribution is -0.143. The first kappa shape index (κ1) is 16.8. The molecule has 1 aromatic rings. The molecular weight excluding hydrogens is 348 g/mol. The summed E-state index contributed by atoms with van der Waals surface area (Å²) in [5.74, 6) is -0.392. The molecule has 0 aliphatic rings. The first-order valence-corrected chi connectivity index (χ1v) is 7.04. The molecule has 8 heteroatoms. The van der Waals surface area contributed by atoms with Gasteiger partial charge in [-0.2, -0.15) is 0 Å². The van der Waals surface area contributed by atoms with Crippen LogP contribution in [0.2, 0.25) is 5.02 Å². The van der Waals surface area contributed by atoms with Crippen molar-refractivity contribution in [3.63, 3.8) is 0 Å². The lowest BCUT2D eigenvalue weighted by atomic mass is 10.1. The minimum absolute atomic E-state index is 0.374. The highest BCUT2D eigenvalue weighted by Gasteiger charge is 2.22. The van der Waals surface area contributed by atoms with E-state index in [1.54, 1.807) is 18.2 Å². The molecule has 0 saturated carbocycles. The average Bonchev–Trinajstić information content (AvgIpc) is 2.43. The highest BCUT2D eigenvalue weighted by atomic mass is 79.9. The molecule has 1 aromatic carbocycles. The van der Waals surface area contributed by atoms with E-state index in [9.17, 15) is 4.79 Å². The zero-order valence-electron chi connectivity index (χ0n) is 10.8. The molecule has 108 valence electrons. The number of carbonyl (C=O) groups is 1. The molecule has 0 bridgehead atoms. The number of methoxy groups -OCH3 is 1. The van der Waals surface area contributed by atoms with Crippen LogP contribution in [0.5, 0.6) is 0 Å². The Balaban J connectivity index is 2.78. The largest absolute Gasteiger partial charge is 0.468 e. The average molecular weight is 362 g/mol. The Morgan fingerprint density at radius 2 is 2.40 bits per heavy atom. The van der Waals surface area contributed by atoms with Gasteiger partial charge < -0.3 is 10.1 Å². The van der Waals surface area contributed by atoms with Gasteiger partial charge in [-0.1, -0.05) is 38.7 Å². The van der Waals surface area contributed by atoms with E-state index in [0.717, 1.165) is 10.0 Å². The van der Waals surface area contributed by atoms with Gasteiger partial charge in [0, 0.05) is 21.0 Å². The summed E-state index contributed by atoms with van der Waals surface area (Å²) in [5.41, 5.74) is 8.93. The van der Waals surface area contributed by atoms with Crippen LogP contribution in [-0.4, -0.2) is 26.2 Å². The fraction of sp³-hybridized carbons (Fsp3) is 0.417. The van der Waals surface area contributed by atoms with E-state index in [4.69, 9.17) is 21.9 Å². The molecule has 1 atom stereocenters. The highest BCUT2D eigenvalue weighted by molar-refractivity contribution is 9.10. The molecule has 0 radical (unpaired) electrons. The molecule has 1 unspecified atom stereocenters. The summed E-state index contributed by atoms with van der Waals surface area (Å²) in [6.07, 6.45) is 0.628. The quantitative estimate of drug-likeness (QED) is 0.264. The van der Waals surface area contributed by atoms with Gasteiger partial charge in [-0.3, -0.25) is 0 Å². The fourth-order valence-corrected chi connectivity index (χ4v) is 2.53. The molecule has 0 fully saturated rings. The number of carbonyl (C=O) groups excluding carboxylic acids is 1. The van der Waals surface area contributed by atoms with Crippen molar-refractivity contribution in [1.29, 1.82) is 0 Å². The number of azide groups is 1. The summed E-state index contributed by atoms with van der Waals surface area (Å²) in [5, 5.41) is 7.08. The first-order chi connectivity index (χ1) is 9.60. The van der Waals surface area contributed by atoms with Gasteiger partial charge in [0.05, 0.1) is 7.11 Å². The molecule has 0 aliphatic carbocycles. The van der Waals surface area contributed by atoms with Crippen LogP contribution in [0.4, 0.5) is 0 Å². The molecule has 1 rings (SSSR count). The van der Waals surface area contributed by atoms with Gasteiger partial charge in [0.15, 0.2) is 0 Å².